The predicted octanol–water partition coefficient (Wildman–Crippen LogP) is 6.08. The van der Waals surface area contributed by atoms with E-state index in [1.807, 2.05) is 13.0 Å². The largest absolute Gasteiger partial charge is 0.362 e. The van der Waals surface area contributed by atoms with E-state index in [0.717, 1.165) is 46.3 Å². The molecule has 1 N–H and O–H groups in total. The third kappa shape index (κ3) is 5.05. The fourth-order valence-corrected chi connectivity index (χ4v) is 5.50. The van der Waals surface area contributed by atoms with E-state index in [2.05, 4.69) is 56.1 Å². The van der Waals surface area contributed by atoms with Crippen molar-refractivity contribution >= 4 is 51.8 Å². The van der Waals surface area contributed by atoms with E-state index < -0.39 is 17.1 Å². The van der Waals surface area contributed by atoms with E-state index in [1.54, 1.807) is 30.3 Å². The maximum atomic E-state index is 13.0. The van der Waals surface area contributed by atoms with Crippen LogP contribution in [-0.2, 0) is 9.59 Å². The Morgan fingerprint density at radius 1 is 1.11 bits per heavy atom. The Morgan fingerprint density at radius 3 is 2.51 bits per heavy atom. The highest BCUT2D eigenvalue weighted by molar-refractivity contribution is 8.18. The lowest BCUT2D eigenvalue weighted by Crippen LogP contribution is -2.45. The van der Waals surface area contributed by atoms with Crippen LogP contribution in [0.2, 0.25) is 0 Å². The summed E-state index contributed by atoms with van der Waals surface area (Å²) in [6, 6.07) is 13.2. The quantitative estimate of drug-likeness (QED) is 0.498. The molecule has 2 heterocycles. The van der Waals surface area contributed by atoms with E-state index in [-0.39, 0.29) is 12.1 Å². The number of amides is 3. The number of hydrogen-bond donors (Lipinski definition) is 1. The third-order valence-electron chi connectivity index (χ3n) is 6.33. The SMILES string of the molecule is CCCN1c2cc(C)c(/C=C3/SC(=O)N(CC(=O)Nc4ccccc4)C3=O)cc2C(C)=CC1(C)C. The zero-order valence-corrected chi connectivity index (χ0v) is 21.7. The number of fused-ring (bicyclic) bond motifs is 1. The summed E-state index contributed by atoms with van der Waals surface area (Å²) in [5, 5.41) is 2.28. The second-order valence-corrected chi connectivity index (χ2v) is 10.5. The molecule has 2 aromatic carbocycles. The Balaban J connectivity index is 1.58. The molecule has 1 saturated heterocycles. The summed E-state index contributed by atoms with van der Waals surface area (Å²) in [7, 11) is 0. The smallest absolute Gasteiger partial charge is 0.294 e. The van der Waals surface area contributed by atoms with E-state index >= 15 is 0 Å². The van der Waals surface area contributed by atoms with Gasteiger partial charge in [-0.05, 0) is 92.9 Å². The summed E-state index contributed by atoms with van der Waals surface area (Å²) in [6.45, 7) is 11.4. The van der Waals surface area contributed by atoms with Crippen LogP contribution in [0.25, 0.3) is 11.6 Å². The van der Waals surface area contributed by atoms with E-state index in [0.29, 0.717) is 10.6 Å². The van der Waals surface area contributed by atoms with Gasteiger partial charge in [-0.25, -0.2) is 0 Å². The maximum Gasteiger partial charge on any atom is 0.294 e. The second-order valence-electron chi connectivity index (χ2n) is 9.54. The highest BCUT2D eigenvalue weighted by Gasteiger charge is 2.37. The second kappa shape index (κ2) is 9.74. The van der Waals surface area contributed by atoms with Gasteiger partial charge in [0.05, 0.1) is 10.4 Å². The van der Waals surface area contributed by atoms with Crippen molar-refractivity contribution in [2.24, 2.45) is 0 Å². The number of para-hydroxylation sites is 1. The van der Waals surface area contributed by atoms with Gasteiger partial charge in [-0.1, -0.05) is 31.2 Å². The Kier molecular flexibility index (Phi) is 6.90. The molecule has 0 aliphatic carbocycles. The number of allylic oxidation sites excluding steroid dienone is 1. The number of anilines is 2. The van der Waals surface area contributed by atoms with Crippen LogP contribution in [0.3, 0.4) is 0 Å². The fourth-order valence-electron chi connectivity index (χ4n) is 4.68. The number of benzene rings is 2. The number of aryl methyl sites for hydroxylation is 1. The molecule has 7 heteroatoms. The molecule has 0 unspecified atom stereocenters. The number of carbonyl (C=O) groups excluding carboxylic acids is 3. The van der Waals surface area contributed by atoms with Gasteiger partial charge in [0.25, 0.3) is 11.1 Å². The van der Waals surface area contributed by atoms with Crippen molar-refractivity contribution in [3.63, 3.8) is 0 Å². The van der Waals surface area contributed by atoms with Gasteiger partial charge < -0.3 is 10.2 Å². The first-order valence-electron chi connectivity index (χ1n) is 11.8. The van der Waals surface area contributed by atoms with E-state index in [9.17, 15) is 14.4 Å². The molecule has 0 aromatic heterocycles. The molecule has 2 aliphatic rings. The molecule has 0 spiro atoms. The van der Waals surface area contributed by atoms with Gasteiger partial charge in [0, 0.05) is 23.5 Å². The summed E-state index contributed by atoms with van der Waals surface area (Å²) >= 11 is 0.874. The molecule has 0 atom stereocenters. The number of nitrogens with one attached hydrogen (secondary N) is 1. The molecule has 182 valence electrons. The lowest BCUT2D eigenvalue weighted by atomic mass is 9.86. The van der Waals surface area contributed by atoms with Crippen LogP contribution >= 0.6 is 11.8 Å². The van der Waals surface area contributed by atoms with Crippen molar-refractivity contribution in [3.8, 4) is 0 Å². The third-order valence-corrected chi connectivity index (χ3v) is 7.24. The molecular formula is C28H31N3O3S. The van der Waals surface area contributed by atoms with Crippen LogP contribution in [0.15, 0.2) is 53.4 Å². The minimum absolute atomic E-state index is 0.0793. The van der Waals surface area contributed by atoms with Crippen molar-refractivity contribution in [3.05, 3.63) is 70.1 Å². The fraction of sp³-hybridized carbons (Fsp3) is 0.321. The summed E-state index contributed by atoms with van der Waals surface area (Å²) in [5.74, 6) is -0.856. The number of nitrogens with zero attached hydrogens (tertiary/aromatic N) is 2. The summed E-state index contributed by atoms with van der Waals surface area (Å²) in [4.78, 5) is 41.7. The average molecular weight is 490 g/mol. The van der Waals surface area contributed by atoms with Crippen LogP contribution in [0.4, 0.5) is 16.2 Å². The van der Waals surface area contributed by atoms with Crippen molar-refractivity contribution < 1.29 is 14.4 Å². The maximum absolute atomic E-state index is 13.0. The molecule has 0 bridgehead atoms. The highest BCUT2D eigenvalue weighted by Crippen LogP contribution is 2.41. The summed E-state index contributed by atoms with van der Waals surface area (Å²) in [6.07, 6.45) is 5.09. The van der Waals surface area contributed by atoms with Crippen molar-refractivity contribution in [1.82, 2.24) is 4.90 Å². The van der Waals surface area contributed by atoms with Gasteiger partial charge in [0.2, 0.25) is 5.91 Å². The lowest BCUT2D eigenvalue weighted by molar-refractivity contribution is -0.127. The van der Waals surface area contributed by atoms with Crippen molar-refractivity contribution in [2.45, 2.75) is 46.6 Å². The number of carbonyl (C=O) groups is 3. The zero-order valence-electron chi connectivity index (χ0n) is 20.8. The average Bonchev–Trinajstić information content (AvgIpc) is 3.05. The van der Waals surface area contributed by atoms with Gasteiger partial charge in [-0.15, -0.1) is 0 Å². The number of imide groups is 1. The molecule has 35 heavy (non-hydrogen) atoms. The van der Waals surface area contributed by atoms with Crippen LogP contribution in [0.5, 0.6) is 0 Å². The summed E-state index contributed by atoms with van der Waals surface area (Å²) < 4.78 is 0. The molecule has 1 fully saturated rings. The molecule has 6 nitrogen and oxygen atoms in total. The number of hydrogen-bond acceptors (Lipinski definition) is 5. The molecule has 2 aromatic rings. The normalized spacial score (nSPS) is 18.1. The predicted molar refractivity (Wildman–Crippen MR) is 144 cm³/mol. The van der Waals surface area contributed by atoms with Crippen molar-refractivity contribution in [2.75, 3.05) is 23.3 Å². The highest BCUT2D eigenvalue weighted by atomic mass is 32.2. The Labute approximate surface area is 211 Å². The van der Waals surface area contributed by atoms with Gasteiger partial charge in [-0.2, -0.15) is 0 Å². The Hall–Kier alpha value is -3.32. The van der Waals surface area contributed by atoms with Crippen molar-refractivity contribution in [1.29, 1.82) is 0 Å². The minimum atomic E-state index is -0.443. The monoisotopic (exact) mass is 489 g/mol. The molecule has 0 saturated carbocycles. The van der Waals surface area contributed by atoms with Crippen LogP contribution in [-0.4, -0.2) is 40.6 Å². The lowest BCUT2D eigenvalue weighted by Gasteiger charge is -2.43. The topological polar surface area (TPSA) is 69.7 Å². The number of thioether (sulfide) groups is 1. The zero-order chi connectivity index (χ0) is 25.3. The van der Waals surface area contributed by atoms with E-state index in [4.69, 9.17) is 0 Å². The minimum Gasteiger partial charge on any atom is -0.362 e. The molecule has 2 aliphatic heterocycles. The Bertz CT molecular complexity index is 1250. The molecular weight excluding hydrogens is 458 g/mol. The van der Waals surface area contributed by atoms with Crippen LogP contribution in [0, 0.1) is 6.92 Å². The first-order chi connectivity index (χ1) is 16.6. The molecule has 3 amide bonds. The van der Waals surface area contributed by atoms with E-state index in [1.165, 1.54) is 11.3 Å². The van der Waals surface area contributed by atoms with Crippen LogP contribution in [0.1, 0.15) is 50.8 Å². The molecule has 4 rings (SSSR count). The number of rotatable bonds is 6. The van der Waals surface area contributed by atoms with Crippen LogP contribution < -0.4 is 10.2 Å². The van der Waals surface area contributed by atoms with Gasteiger partial charge in [-0.3, -0.25) is 19.3 Å². The first-order valence-corrected chi connectivity index (χ1v) is 12.6. The van der Waals surface area contributed by atoms with Gasteiger partial charge in [0.15, 0.2) is 0 Å². The van der Waals surface area contributed by atoms with Gasteiger partial charge in [0.1, 0.15) is 6.54 Å². The Morgan fingerprint density at radius 2 is 1.83 bits per heavy atom. The first kappa shape index (κ1) is 24.8. The standard InChI is InChI=1S/C28H31N3O3S/c1-6-12-31-23-13-18(2)20(14-22(23)19(3)16-28(31,4)5)15-24-26(33)30(27(34)35-24)17-25(32)29-21-10-8-7-9-11-21/h7-11,13-16H,6,12,17H2,1-5H3,(H,29,32)/b24-15+. The van der Waals surface area contributed by atoms with Gasteiger partial charge >= 0.3 is 0 Å². The summed E-state index contributed by atoms with van der Waals surface area (Å²) in [5.41, 5.74) is 5.99. The molecule has 0 radical (unpaired) electrons.